The molecule has 0 aliphatic heterocycles. The fourth-order valence-corrected chi connectivity index (χ4v) is 2.48. The number of pyridine rings is 1. The van der Waals surface area contributed by atoms with Gasteiger partial charge in [-0.3, -0.25) is 4.40 Å². The Balaban J connectivity index is 2.41. The Kier molecular flexibility index (Phi) is 3.30. The smallest absolute Gasteiger partial charge is 0.356 e. The van der Waals surface area contributed by atoms with Crippen molar-refractivity contribution in [3.63, 3.8) is 0 Å². The number of imidazole rings is 1. The molecule has 0 unspecified atom stereocenters. The first kappa shape index (κ1) is 14.1. The fraction of sp³-hybridized carbons (Fsp3) is 0. The molecular weight excluding hydrogens is 308 g/mol. The van der Waals surface area contributed by atoms with Crippen molar-refractivity contribution in [3.8, 4) is 11.4 Å². The molecule has 1 aromatic carbocycles. The second-order valence-corrected chi connectivity index (χ2v) is 4.98. The molecule has 0 spiro atoms. The van der Waals surface area contributed by atoms with Gasteiger partial charge in [0.2, 0.25) is 0 Å². The fourth-order valence-electron chi connectivity index (χ4n) is 2.29. The van der Waals surface area contributed by atoms with E-state index in [1.165, 1.54) is 16.5 Å². The summed E-state index contributed by atoms with van der Waals surface area (Å²) < 4.78 is 1.44. The molecule has 110 valence electrons. The molecule has 0 radical (unpaired) electrons. The summed E-state index contributed by atoms with van der Waals surface area (Å²) in [5.74, 6) is -2.19. The third-order valence-electron chi connectivity index (χ3n) is 3.18. The number of halogens is 1. The molecule has 2 aromatic heterocycles. The second-order valence-electron chi connectivity index (χ2n) is 4.55. The summed E-state index contributed by atoms with van der Waals surface area (Å²) in [6.45, 7) is 0. The van der Waals surface area contributed by atoms with Crippen LogP contribution in [-0.4, -0.2) is 31.5 Å². The van der Waals surface area contributed by atoms with E-state index in [9.17, 15) is 19.8 Å². The molecule has 6 nitrogen and oxygen atoms in total. The molecule has 0 fully saturated rings. The quantitative estimate of drug-likeness (QED) is 0.774. The second kappa shape index (κ2) is 5.16. The molecule has 0 saturated heterocycles. The van der Waals surface area contributed by atoms with Crippen LogP contribution >= 0.6 is 11.6 Å². The average molecular weight is 317 g/mol. The van der Waals surface area contributed by atoms with Crippen molar-refractivity contribution in [1.29, 1.82) is 0 Å². The lowest BCUT2D eigenvalue weighted by molar-refractivity contribution is 0.0691. The van der Waals surface area contributed by atoms with Crippen LogP contribution in [0.1, 0.15) is 20.8 Å². The lowest BCUT2D eigenvalue weighted by atomic mass is 10.2. The normalized spacial score (nSPS) is 10.8. The Labute approximate surface area is 129 Å². The van der Waals surface area contributed by atoms with E-state index in [-0.39, 0.29) is 16.8 Å². The minimum Gasteiger partial charge on any atom is -0.478 e. The van der Waals surface area contributed by atoms with Crippen molar-refractivity contribution in [2.45, 2.75) is 0 Å². The van der Waals surface area contributed by atoms with Gasteiger partial charge in [0.1, 0.15) is 5.82 Å². The van der Waals surface area contributed by atoms with E-state index in [4.69, 9.17) is 11.6 Å². The molecule has 3 aromatic rings. The number of aromatic carboxylic acids is 2. The lowest BCUT2D eigenvalue weighted by Gasteiger charge is -2.03. The van der Waals surface area contributed by atoms with Crippen molar-refractivity contribution < 1.29 is 19.8 Å². The summed E-state index contributed by atoms with van der Waals surface area (Å²) in [7, 11) is 0. The lowest BCUT2D eigenvalue weighted by Crippen LogP contribution is -2.04. The van der Waals surface area contributed by atoms with Gasteiger partial charge in [-0.05, 0) is 24.3 Å². The molecule has 0 amide bonds. The highest BCUT2D eigenvalue weighted by atomic mass is 35.5. The van der Waals surface area contributed by atoms with Crippen LogP contribution in [-0.2, 0) is 0 Å². The minimum absolute atomic E-state index is 0.0393. The first-order valence-electron chi connectivity index (χ1n) is 6.22. The molecule has 3 rings (SSSR count). The number of aromatic nitrogens is 2. The standard InChI is InChI=1S/C15H9ClN2O4/c16-9-4-1-3-8(7-9)13-17-11(15(21)22)12-10(14(19)20)5-2-6-18(12)13/h1-7H,(H,19,20)(H,21,22). The highest BCUT2D eigenvalue weighted by Crippen LogP contribution is 2.27. The van der Waals surface area contributed by atoms with Gasteiger partial charge in [0.05, 0.1) is 11.1 Å². The average Bonchev–Trinajstić information content (AvgIpc) is 2.86. The highest BCUT2D eigenvalue weighted by Gasteiger charge is 2.22. The topological polar surface area (TPSA) is 91.9 Å². The molecule has 0 aliphatic rings. The number of carboxylic acids is 2. The van der Waals surface area contributed by atoms with Gasteiger partial charge in [0.15, 0.2) is 5.69 Å². The van der Waals surface area contributed by atoms with Gasteiger partial charge in [-0.15, -0.1) is 0 Å². The van der Waals surface area contributed by atoms with E-state index in [1.807, 2.05) is 0 Å². The van der Waals surface area contributed by atoms with E-state index >= 15 is 0 Å². The molecule has 0 bridgehead atoms. The van der Waals surface area contributed by atoms with Crippen LogP contribution in [0.4, 0.5) is 0 Å². The van der Waals surface area contributed by atoms with E-state index in [0.29, 0.717) is 16.4 Å². The zero-order chi connectivity index (χ0) is 15.9. The number of hydrogen-bond donors (Lipinski definition) is 2. The van der Waals surface area contributed by atoms with Crippen molar-refractivity contribution >= 4 is 29.1 Å². The Hall–Kier alpha value is -2.86. The summed E-state index contributed by atoms with van der Waals surface area (Å²) in [5.41, 5.74) is 0.198. The first-order chi connectivity index (χ1) is 10.5. The highest BCUT2D eigenvalue weighted by molar-refractivity contribution is 6.30. The maximum atomic E-state index is 11.4. The minimum atomic E-state index is -1.29. The Morgan fingerprint density at radius 3 is 2.50 bits per heavy atom. The number of benzene rings is 1. The molecule has 7 heteroatoms. The molecule has 0 atom stereocenters. The Morgan fingerprint density at radius 1 is 1.09 bits per heavy atom. The molecule has 2 N–H and O–H groups in total. The van der Waals surface area contributed by atoms with Gasteiger partial charge < -0.3 is 10.2 Å². The number of fused-ring (bicyclic) bond motifs is 1. The third-order valence-corrected chi connectivity index (χ3v) is 3.42. The monoisotopic (exact) mass is 316 g/mol. The maximum Gasteiger partial charge on any atom is 0.356 e. The maximum absolute atomic E-state index is 11.4. The van der Waals surface area contributed by atoms with Gasteiger partial charge in [-0.2, -0.15) is 0 Å². The van der Waals surface area contributed by atoms with Crippen molar-refractivity contribution in [3.05, 3.63) is 58.9 Å². The largest absolute Gasteiger partial charge is 0.478 e. The predicted octanol–water partition coefficient (Wildman–Crippen LogP) is 3.05. The molecule has 2 heterocycles. The SMILES string of the molecule is O=C(O)c1cccn2c(-c3cccc(Cl)c3)nc(C(=O)O)c12. The van der Waals surface area contributed by atoms with Crippen LogP contribution in [0.5, 0.6) is 0 Å². The summed E-state index contributed by atoms with van der Waals surface area (Å²) >= 11 is 5.95. The van der Waals surface area contributed by atoms with Crippen LogP contribution in [0.3, 0.4) is 0 Å². The van der Waals surface area contributed by atoms with Crippen LogP contribution < -0.4 is 0 Å². The number of carboxylic acid groups (broad SMARTS) is 2. The van der Waals surface area contributed by atoms with Crippen LogP contribution in [0.25, 0.3) is 16.9 Å². The summed E-state index contributed by atoms with van der Waals surface area (Å²) in [4.78, 5) is 26.8. The van der Waals surface area contributed by atoms with Crippen molar-refractivity contribution in [2.24, 2.45) is 0 Å². The molecule has 0 aliphatic carbocycles. The number of hydrogen-bond acceptors (Lipinski definition) is 3. The number of carbonyl (C=O) groups is 2. The molecular formula is C15H9ClN2O4. The van der Waals surface area contributed by atoms with Gasteiger partial charge in [0.25, 0.3) is 0 Å². The zero-order valence-corrected chi connectivity index (χ0v) is 11.8. The van der Waals surface area contributed by atoms with Gasteiger partial charge in [0, 0.05) is 16.8 Å². The Bertz CT molecular complexity index is 917. The number of nitrogens with zero attached hydrogens (tertiary/aromatic N) is 2. The van der Waals surface area contributed by atoms with Gasteiger partial charge >= 0.3 is 11.9 Å². The van der Waals surface area contributed by atoms with Gasteiger partial charge in [-0.25, -0.2) is 14.6 Å². The van der Waals surface area contributed by atoms with E-state index in [2.05, 4.69) is 4.98 Å². The van der Waals surface area contributed by atoms with E-state index < -0.39 is 11.9 Å². The molecule has 22 heavy (non-hydrogen) atoms. The first-order valence-corrected chi connectivity index (χ1v) is 6.60. The molecule has 0 saturated carbocycles. The van der Waals surface area contributed by atoms with Crippen LogP contribution in [0, 0.1) is 0 Å². The third kappa shape index (κ3) is 2.19. The van der Waals surface area contributed by atoms with Crippen molar-refractivity contribution in [1.82, 2.24) is 9.38 Å². The predicted molar refractivity (Wildman–Crippen MR) is 79.6 cm³/mol. The summed E-state index contributed by atoms with van der Waals surface area (Å²) in [6.07, 6.45) is 1.57. The van der Waals surface area contributed by atoms with Crippen LogP contribution in [0.2, 0.25) is 5.02 Å². The Morgan fingerprint density at radius 2 is 1.86 bits per heavy atom. The van der Waals surface area contributed by atoms with Crippen LogP contribution in [0.15, 0.2) is 42.6 Å². The van der Waals surface area contributed by atoms with E-state index in [1.54, 1.807) is 30.5 Å². The summed E-state index contributed by atoms with van der Waals surface area (Å²) in [5, 5.41) is 19.0. The summed E-state index contributed by atoms with van der Waals surface area (Å²) in [6, 6.07) is 9.61. The van der Waals surface area contributed by atoms with Gasteiger partial charge in [-0.1, -0.05) is 23.7 Å². The zero-order valence-electron chi connectivity index (χ0n) is 11.0. The van der Waals surface area contributed by atoms with E-state index in [0.717, 1.165) is 0 Å². The number of rotatable bonds is 3. The van der Waals surface area contributed by atoms with Crippen molar-refractivity contribution in [2.75, 3.05) is 0 Å².